The fourth-order valence-corrected chi connectivity index (χ4v) is 3.64. The van der Waals surface area contributed by atoms with E-state index in [0.29, 0.717) is 25.0 Å². The van der Waals surface area contributed by atoms with Gasteiger partial charge in [0.2, 0.25) is 0 Å². The van der Waals surface area contributed by atoms with E-state index >= 15 is 0 Å². The van der Waals surface area contributed by atoms with E-state index in [-0.39, 0.29) is 11.6 Å². The van der Waals surface area contributed by atoms with Crippen LogP contribution < -0.4 is 9.64 Å². The molecule has 1 aliphatic heterocycles. The largest absolute Gasteiger partial charge is 0.494 e. The van der Waals surface area contributed by atoms with Crippen molar-refractivity contribution in [3.8, 4) is 5.75 Å². The number of carbonyl (C=O) groups excluding carboxylic acids is 1. The monoisotopic (exact) mass is 436 g/mol. The first-order valence-corrected chi connectivity index (χ1v) is 10.5. The minimum absolute atomic E-state index is 0.0417. The molecule has 0 saturated carbocycles. The minimum Gasteiger partial charge on any atom is -0.494 e. The van der Waals surface area contributed by atoms with Crippen molar-refractivity contribution in [3.63, 3.8) is 0 Å². The number of allylic oxidation sites excluding steroid dienone is 2. The first-order valence-electron chi connectivity index (χ1n) is 10.5. The normalized spacial score (nSPS) is 14.1. The van der Waals surface area contributed by atoms with Crippen molar-refractivity contribution in [2.24, 2.45) is 0 Å². The molecule has 0 fully saturated rings. The lowest BCUT2D eigenvalue weighted by molar-refractivity contribution is -0.384. The Morgan fingerprint density at radius 2 is 1.73 bits per heavy atom. The number of non-ortho nitro benzene ring substituents is 1. The molecule has 1 amide bonds. The summed E-state index contributed by atoms with van der Waals surface area (Å²) >= 11 is 0. The second-order valence-electron chi connectivity index (χ2n) is 7.48. The third-order valence-corrected chi connectivity index (χ3v) is 5.27. The van der Waals surface area contributed by atoms with Gasteiger partial charge in [0.1, 0.15) is 5.75 Å². The van der Waals surface area contributed by atoms with Crippen molar-refractivity contribution in [3.05, 3.63) is 112 Å². The second kappa shape index (κ2) is 10.00. The van der Waals surface area contributed by atoms with Gasteiger partial charge < -0.3 is 9.64 Å². The topological polar surface area (TPSA) is 72.7 Å². The number of nitro groups is 1. The highest BCUT2D eigenvalue weighted by Gasteiger charge is 2.31. The maximum absolute atomic E-state index is 13.2. The third-order valence-electron chi connectivity index (χ3n) is 5.27. The molecule has 2 radical (unpaired) electrons. The summed E-state index contributed by atoms with van der Waals surface area (Å²) in [5, 5.41) is 10.8. The van der Waals surface area contributed by atoms with Crippen LogP contribution in [-0.2, 0) is 11.3 Å². The summed E-state index contributed by atoms with van der Waals surface area (Å²) in [6.45, 7) is 0.898. The van der Waals surface area contributed by atoms with E-state index in [0.717, 1.165) is 28.1 Å². The van der Waals surface area contributed by atoms with Crippen LogP contribution in [-0.4, -0.2) is 25.3 Å². The summed E-state index contributed by atoms with van der Waals surface area (Å²) in [5.41, 5.74) is 4.18. The van der Waals surface area contributed by atoms with Gasteiger partial charge in [-0.25, -0.2) is 0 Å². The van der Waals surface area contributed by atoms with Crippen molar-refractivity contribution in [2.45, 2.75) is 12.9 Å². The van der Waals surface area contributed by atoms with Crippen LogP contribution in [0.5, 0.6) is 5.75 Å². The molecule has 4 rings (SSSR count). The van der Waals surface area contributed by atoms with Gasteiger partial charge >= 0.3 is 0 Å². The predicted molar refractivity (Wildman–Crippen MR) is 130 cm³/mol. The number of ether oxygens (including phenoxy) is 1. The Hall–Kier alpha value is -4.13. The predicted octanol–water partition coefficient (Wildman–Crippen LogP) is 5.20. The Balaban J connectivity index is 1.53. The van der Waals surface area contributed by atoms with Crippen LogP contribution in [0.2, 0.25) is 6.32 Å². The molecule has 0 bridgehead atoms. The van der Waals surface area contributed by atoms with Gasteiger partial charge in [-0.3, -0.25) is 14.9 Å². The van der Waals surface area contributed by atoms with Crippen molar-refractivity contribution in [1.29, 1.82) is 0 Å². The lowest BCUT2D eigenvalue weighted by Crippen LogP contribution is -2.25. The molecule has 0 saturated heterocycles. The summed E-state index contributed by atoms with van der Waals surface area (Å²) in [7, 11) is 5.47. The fourth-order valence-electron chi connectivity index (χ4n) is 3.64. The fraction of sp³-hybridized carbons (Fsp3) is 0.115. The van der Waals surface area contributed by atoms with Crippen LogP contribution in [0.15, 0.2) is 84.9 Å². The molecule has 3 aromatic carbocycles. The van der Waals surface area contributed by atoms with Gasteiger partial charge in [-0.05, 0) is 47.5 Å². The maximum atomic E-state index is 13.2. The molecule has 6 nitrogen and oxygen atoms in total. The van der Waals surface area contributed by atoms with Crippen molar-refractivity contribution < 1.29 is 14.5 Å². The molecular weight excluding hydrogens is 415 g/mol. The van der Waals surface area contributed by atoms with Crippen LogP contribution in [0.4, 0.5) is 11.4 Å². The summed E-state index contributed by atoms with van der Waals surface area (Å²) in [5.74, 6) is 0.669. The number of benzene rings is 3. The third kappa shape index (κ3) is 5.04. The number of nitrogens with zero attached hydrogens (tertiary/aromatic N) is 2. The highest BCUT2D eigenvalue weighted by molar-refractivity contribution is 6.32. The van der Waals surface area contributed by atoms with Crippen molar-refractivity contribution >= 4 is 36.8 Å². The Morgan fingerprint density at radius 3 is 2.42 bits per heavy atom. The van der Waals surface area contributed by atoms with E-state index in [4.69, 9.17) is 12.6 Å². The lowest BCUT2D eigenvalue weighted by Gasteiger charge is -2.17. The summed E-state index contributed by atoms with van der Waals surface area (Å²) < 4.78 is 5.52. The zero-order valence-electron chi connectivity index (χ0n) is 17.9. The van der Waals surface area contributed by atoms with E-state index in [2.05, 4.69) is 0 Å². The Labute approximate surface area is 193 Å². The molecule has 0 aliphatic carbocycles. The molecule has 0 spiro atoms. The highest BCUT2D eigenvalue weighted by Crippen LogP contribution is 2.37. The molecular formula is C26H21BN2O4. The number of nitro benzene ring substituents is 1. The number of carbonyl (C=O) groups is 1. The van der Waals surface area contributed by atoms with E-state index < -0.39 is 4.92 Å². The number of rotatable bonds is 8. The second-order valence-corrected chi connectivity index (χ2v) is 7.48. The van der Waals surface area contributed by atoms with Gasteiger partial charge in [0.15, 0.2) is 0 Å². The Kier molecular flexibility index (Phi) is 6.69. The summed E-state index contributed by atoms with van der Waals surface area (Å²) in [6, 6.07) is 21.6. The molecule has 1 aliphatic rings. The molecule has 7 heteroatoms. The standard InChI is InChI=1S/C26H21BN2O4/c27-16-17-33-22-14-10-20(11-15-22)18-28-25-7-2-1-5-23(25)24(26(28)30)6-3-4-19-8-12-21(13-9-19)29(31)32/h1-15H,16-18H2/b4-3+,24-6+. The molecule has 0 N–H and O–H groups in total. The number of amides is 1. The zero-order valence-corrected chi connectivity index (χ0v) is 17.9. The molecule has 162 valence electrons. The van der Waals surface area contributed by atoms with Crippen LogP contribution in [0, 0.1) is 10.1 Å². The summed E-state index contributed by atoms with van der Waals surface area (Å²) in [4.78, 5) is 25.4. The van der Waals surface area contributed by atoms with Gasteiger partial charge in [-0.15, -0.1) is 0 Å². The molecule has 0 unspecified atom stereocenters. The molecule has 3 aromatic rings. The van der Waals surface area contributed by atoms with E-state index in [1.54, 1.807) is 29.2 Å². The van der Waals surface area contributed by atoms with Gasteiger partial charge in [-0.2, -0.15) is 0 Å². The van der Waals surface area contributed by atoms with Crippen LogP contribution >= 0.6 is 0 Å². The minimum atomic E-state index is -0.432. The number of hydrogen-bond acceptors (Lipinski definition) is 4. The molecule has 0 atom stereocenters. The average Bonchev–Trinajstić information content (AvgIpc) is 3.10. The van der Waals surface area contributed by atoms with Crippen LogP contribution in [0.1, 0.15) is 16.7 Å². The number of fused-ring (bicyclic) bond motifs is 1. The van der Waals surface area contributed by atoms with Crippen molar-refractivity contribution in [1.82, 2.24) is 0 Å². The SMILES string of the molecule is [B]CCOc1ccc(CN2C(=O)/C(=C/C=C/c3ccc([N+](=O)[O-])cc3)c3ccccc32)cc1. The first kappa shape index (κ1) is 22.1. The van der Waals surface area contributed by atoms with E-state index in [1.165, 1.54) is 12.1 Å². The lowest BCUT2D eigenvalue weighted by atomic mass is 10.1. The average molecular weight is 436 g/mol. The van der Waals surface area contributed by atoms with Gasteiger partial charge in [0.05, 0.1) is 31.6 Å². The van der Waals surface area contributed by atoms with Gasteiger partial charge in [0.25, 0.3) is 11.6 Å². The Morgan fingerprint density at radius 1 is 1.00 bits per heavy atom. The molecule has 33 heavy (non-hydrogen) atoms. The summed E-state index contributed by atoms with van der Waals surface area (Å²) in [6.07, 6.45) is 5.84. The van der Waals surface area contributed by atoms with Gasteiger partial charge in [-0.1, -0.05) is 48.8 Å². The maximum Gasteiger partial charge on any atom is 0.269 e. The molecule has 0 aromatic heterocycles. The number of para-hydroxylation sites is 1. The Bertz CT molecular complexity index is 1220. The van der Waals surface area contributed by atoms with Crippen LogP contribution in [0.3, 0.4) is 0 Å². The number of anilines is 1. The van der Waals surface area contributed by atoms with Gasteiger partial charge in [0, 0.05) is 23.3 Å². The highest BCUT2D eigenvalue weighted by atomic mass is 16.6. The quantitative estimate of drug-likeness (QED) is 0.211. The molecule has 1 heterocycles. The zero-order chi connectivity index (χ0) is 23.2. The van der Waals surface area contributed by atoms with E-state index in [1.807, 2.05) is 54.6 Å². The first-order chi connectivity index (χ1) is 16.1. The number of hydrogen-bond donors (Lipinski definition) is 0. The van der Waals surface area contributed by atoms with E-state index in [9.17, 15) is 14.9 Å². The smallest absolute Gasteiger partial charge is 0.269 e. The van der Waals surface area contributed by atoms with Crippen LogP contribution in [0.25, 0.3) is 11.6 Å². The van der Waals surface area contributed by atoms with Crippen molar-refractivity contribution in [2.75, 3.05) is 11.5 Å².